The second-order valence-corrected chi connectivity index (χ2v) is 6.38. The summed E-state index contributed by atoms with van der Waals surface area (Å²) in [6.07, 6.45) is 1.06. The van der Waals surface area contributed by atoms with Crippen LogP contribution in [0.25, 0.3) is 11.3 Å². The summed E-state index contributed by atoms with van der Waals surface area (Å²) in [6, 6.07) is 8.64. The third-order valence-electron chi connectivity index (χ3n) is 3.82. The standard InChI is InChI=1S/C16H21N3OS/c1-2-12-3-5-13(6-4-12)15-14(21-16(17)18-15)11-19-7-9-20-10-8-19/h3-6H,2,7-11H2,1H3,(H2,17,18). The zero-order chi connectivity index (χ0) is 14.7. The Morgan fingerprint density at radius 3 is 2.62 bits per heavy atom. The van der Waals surface area contributed by atoms with Crippen LogP contribution >= 0.6 is 11.3 Å². The average Bonchev–Trinajstić information content (AvgIpc) is 2.89. The normalized spacial score (nSPS) is 16.2. The second-order valence-electron chi connectivity index (χ2n) is 5.26. The number of thiazole rings is 1. The molecule has 2 N–H and O–H groups in total. The highest BCUT2D eigenvalue weighted by molar-refractivity contribution is 7.15. The van der Waals surface area contributed by atoms with Crippen molar-refractivity contribution in [2.24, 2.45) is 0 Å². The average molecular weight is 303 g/mol. The van der Waals surface area contributed by atoms with Gasteiger partial charge in [0.1, 0.15) is 0 Å². The first-order valence-electron chi connectivity index (χ1n) is 7.41. The molecule has 4 nitrogen and oxygen atoms in total. The maximum atomic E-state index is 5.94. The number of benzene rings is 1. The second kappa shape index (κ2) is 6.56. The van der Waals surface area contributed by atoms with Gasteiger partial charge in [0, 0.05) is 30.1 Å². The van der Waals surface area contributed by atoms with E-state index in [1.54, 1.807) is 11.3 Å². The van der Waals surface area contributed by atoms with Crippen LogP contribution in [0, 0.1) is 0 Å². The van der Waals surface area contributed by atoms with Crippen LogP contribution in [-0.4, -0.2) is 36.2 Å². The quantitative estimate of drug-likeness (QED) is 0.943. The molecule has 0 aliphatic carbocycles. The number of hydrogen-bond acceptors (Lipinski definition) is 5. The summed E-state index contributed by atoms with van der Waals surface area (Å²) in [5.74, 6) is 0. The van der Waals surface area contributed by atoms with Gasteiger partial charge in [-0.05, 0) is 12.0 Å². The Bertz CT molecular complexity index is 588. The number of morpholine rings is 1. The molecule has 3 rings (SSSR count). The van der Waals surface area contributed by atoms with E-state index in [0.717, 1.165) is 50.5 Å². The molecule has 0 amide bonds. The molecular weight excluding hydrogens is 282 g/mol. The summed E-state index contributed by atoms with van der Waals surface area (Å²) < 4.78 is 5.40. The molecule has 1 aliphatic rings. The largest absolute Gasteiger partial charge is 0.379 e. The molecule has 2 heterocycles. The highest BCUT2D eigenvalue weighted by Gasteiger charge is 2.17. The summed E-state index contributed by atoms with van der Waals surface area (Å²) in [4.78, 5) is 8.19. The number of aromatic nitrogens is 1. The minimum Gasteiger partial charge on any atom is -0.379 e. The molecule has 2 aromatic rings. The van der Waals surface area contributed by atoms with E-state index in [9.17, 15) is 0 Å². The first-order valence-corrected chi connectivity index (χ1v) is 8.22. The van der Waals surface area contributed by atoms with Crippen LogP contribution in [0.1, 0.15) is 17.4 Å². The predicted octanol–water partition coefficient (Wildman–Crippen LogP) is 2.79. The van der Waals surface area contributed by atoms with Crippen LogP contribution in [0.2, 0.25) is 0 Å². The fourth-order valence-corrected chi connectivity index (χ4v) is 3.46. The van der Waals surface area contributed by atoms with Gasteiger partial charge in [-0.1, -0.05) is 31.2 Å². The van der Waals surface area contributed by atoms with Crippen LogP contribution in [0.4, 0.5) is 5.13 Å². The van der Waals surface area contributed by atoms with Crippen molar-refractivity contribution < 1.29 is 4.74 Å². The number of ether oxygens (including phenoxy) is 1. The van der Waals surface area contributed by atoms with Gasteiger partial charge in [0.05, 0.1) is 18.9 Å². The van der Waals surface area contributed by atoms with Crippen molar-refractivity contribution in [3.05, 3.63) is 34.7 Å². The summed E-state index contributed by atoms with van der Waals surface area (Å²) in [5, 5.41) is 0.646. The van der Waals surface area contributed by atoms with Crippen molar-refractivity contribution in [2.75, 3.05) is 32.0 Å². The summed E-state index contributed by atoms with van der Waals surface area (Å²) in [7, 11) is 0. The van der Waals surface area contributed by atoms with E-state index >= 15 is 0 Å². The van der Waals surface area contributed by atoms with E-state index in [0.29, 0.717) is 5.13 Å². The first kappa shape index (κ1) is 14.5. The lowest BCUT2D eigenvalue weighted by molar-refractivity contribution is 0.0347. The molecule has 1 saturated heterocycles. The van der Waals surface area contributed by atoms with Gasteiger partial charge in [0.25, 0.3) is 0 Å². The van der Waals surface area contributed by atoms with Gasteiger partial charge in [-0.15, -0.1) is 11.3 Å². The number of hydrogen-bond donors (Lipinski definition) is 1. The smallest absolute Gasteiger partial charge is 0.180 e. The van der Waals surface area contributed by atoms with Crippen LogP contribution in [-0.2, 0) is 17.7 Å². The molecule has 5 heteroatoms. The van der Waals surface area contributed by atoms with E-state index < -0.39 is 0 Å². The lowest BCUT2D eigenvalue weighted by Crippen LogP contribution is -2.35. The number of anilines is 1. The molecule has 0 spiro atoms. The SMILES string of the molecule is CCc1ccc(-c2nc(N)sc2CN2CCOCC2)cc1. The van der Waals surface area contributed by atoms with E-state index in [2.05, 4.69) is 41.1 Å². The first-order chi connectivity index (χ1) is 10.3. The van der Waals surface area contributed by atoms with Crippen LogP contribution in [0.3, 0.4) is 0 Å². The van der Waals surface area contributed by atoms with Crippen molar-refractivity contribution in [3.63, 3.8) is 0 Å². The maximum absolute atomic E-state index is 5.94. The molecule has 1 fully saturated rings. The summed E-state index contributed by atoms with van der Waals surface area (Å²) in [6.45, 7) is 6.66. The van der Waals surface area contributed by atoms with Crippen LogP contribution < -0.4 is 5.73 Å². The monoisotopic (exact) mass is 303 g/mol. The molecule has 21 heavy (non-hydrogen) atoms. The molecule has 1 aromatic heterocycles. The highest BCUT2D eigenvalue weighted by atomic mass is 32.1. The van der Waals surface area contributed by atoms with Crippen molar-refractivity contribution in [1.29, 1.82) is 0 Å². The minimum absolute atomic E-state index is 0.646. The van der Waals surface area contributed by atoms with E-state index in [-0.39, 0.29) is 0 Å². The number of nitrogens with zero attached hydrogens (tertiary/aromatic N) is 2. The fourth-order valence-electron chi connectivity index (χ4n) is 2.56. The highest BCUT2D eigenvalue weighted by Crippen LogP contribution is 2.31. The molecule has 1 aliphatic heterocycles. The zero-order valence-corrected chi connectivity index (χ0v) is 13.2. The molecule has 1 aromatic carbocycles. The third-order valence-corrected chi connectivity index (χ3v) is 4.69. The van der Waals surface area contributed by atoms with Crippen molar-refractivity contribution >= 4 is 16.5 Å². The van der Waals surface area contributed by atoms with Gasteiger partial charge < -0.3 is 10.5 Å². The van der Waals surface area contributed by atoms with Crippen LogP contribution in [0.5, 0.6) is 0 Å². The lowest BCUT2D eigenvalue weighted by atomic mass is 10.1. The maximum Gasteiger partial charge on any atom is 0.180 e. The molecule has 0 unspecified atom stereocenters. The Kier molecular flexibility index (Phi) is 4.53. The van der Waals surface area contributed by atoms with Crippen molar-refractivity contribution in [1.82, 2.24) is 9.88 Å². The Balaban J connectivity index is 1.83. The van der Waals surface area contributed by atoms with Gasteiger partial charge in [-0.2, -0.15) is 0 Å². The van der Waals surface area contributed by atoms with E-state index in [1.807, 2.05) is 0 Å². The van der Waals surface area contributed by atoms with Gasteiger partial charge in [-0.25, -0.2) is 4.98 Å². The van der Waals surface area contributed by atoms with Crippen molar-refractivity contribution in [3.8, 4) is 11.3 Å². The summed E-state index contributed by atoms with van der Waals surface area (Å²) in [5.41, 5.74) is 9.48. The lowest BCUT2D eigenvalue weighted by Gasteiger charge is -2.26. The Morgan fingerprint density at radius 1 is 1.24 bits per heavy atom. The van der Waals surface area contributed by atoms with Gasteiger partial charge in [0.2, 0.25) is 0 Å². The van der Waals surface area contributed by atoms with Gasteiger partial charge >= 0.3 is 0 Å². The van der Waals surface area contributed by atoms with Gasteiger partial charge in [0.15, 0.2) is 5.13 Å². The van der Waals surface area contributed by atoms with Crippen molar-refractivity contribution in [2.45, 2.75) is 19.9 Å². The summed E-state index contributed by atoms with van der Waals surface area (Å²) >= 11 is 1.60. The molecular formula is C16H21N3OS. The number of nitrogen functional groups attached to an aromatic ring is 1. The molecule has 0 saturated carbocycles. The topological polar surface area (TPSA) is 51.4 Å². The van der Waals surface area contributed by atoms with E-state index in [1.165, 1.54) is 10.4 Å². The third kappa shape index (κ3) is 3.43. The molecule has 0 radical (unpaired) electrons. The fraction of sp³-hybridized carbons (Fsp3) is 0.438. The Hall–Kier alpha value is -1.43. The van der Waals surface area contributed by atoms with Crippen LogP contribution in [0.15, 0.2) is 24.3 Å². The Morgan fingerprint density at radius 2 is 1.95 bits per heavy atom. The minimum atomic E-state index is 0.646. The van der Waals surface area contributed by atoms with E-state index in [4.69, 9.17) is 10.5 Å². The number of nitrogens with two attached hydrogens (primary N) is 1. The van der Waals surface area contributed by atoms with Gasteiger partial charge in [-0.3, -0.25) is 4.90 Å². The predicted molar refractivity (Wildman–Crippen MR) is 87.4 cm³/mol. The number of rotatable bonds is 4. The molecule has 0 atom stereocenters. The zero-order valence-electron chi connectivity index (χ0n) is 12.3. The number of aryl methyl sites for hydroxylation is 1. The molecule has 112 valence electrons. The Labute approximate surface area is 129 Å². The molecule has 0 bridgehead atoms.